The summed E-state index contributed by atoms with van der Waals surface area (Å²) in [6, 6.07) is 19.4. The summed E-state index contributed by atoms with van der Waals surface area (Å²) in [6.07, 6.45) is 0.629. The van der Waals surface area contributed by atoms with E-state index in [1.54, 1.807) is 29.2 Å². The van der Waals surface area contributed by atoms with E-state index in [4.69, 9.17) is 16.6 Å². The normalized spacial score (nSPS) is 11.2. The summed E-state index contributed by atoms with van der Waals surface area (Å²) in [6.45, 7) is 0. The predicted molar refractivity (Wildman–Crippen MR) is 110 cm³/mol. The highest BCUT2D eigenvalue weighted by Gasteiger charge is 2.08. The van der Waals surface area contributed by atoms with E-state index < -0.39 is 0 Å². The van der Waals surface area contributed by atoms with Crippen LogP contribution in [0, 0.1) is 5.82 Å². The largest absolute Gasteiger partial charge is 0.245 e. The van der Waals surface area contributed by atoms with Crippen LogP contribution in [0.1, 0.15) is 16.3 Å². The smallest absolute Gasteiger partial charge is 0.124 e. The summed E-state index contributed by atoms with van der Waals surface area (Å²) in [5.74, 6) is 0.511. The van der Waals surface area contributed by atoms with Gasteiger partial charge in [0.15, 0.2) is 0 Å². The monoisotopic (exact) mass is 399 g/mol. The maximum absolute atomic E-state index is 13.1. The molecule has 0 aliphatic heterocycles. The molecule has 1 aromatic heterocycles. The van der Waals surface area contributed by atoms with Crippen molar-refractivity contribution < 1.29 is 4.39 Å². The Morgan fingerprint density at radius 1 is 1.00 bits per heavy atom. The second-order valence-corrected chi connectivity index (χ2v) is 8.34. The molecule has 1 nitrogen and oxygen atoms in total. The molecule has 130 valence electrons. The Bertz CT molecular complexity index is 1060. The maximum Gasteiger partial charge on any atom is 0.124 e. The van der Waals surface area contributed by atoms with Crippen LogP contribution in [0.4, 0.5) is 4.39 Å². The molecule has 0 atom stereocenters. The molecule has 0 saturated heterocycles. The molecule has 0 radical (unpaired) electrons. The van der Waals surface area contributed by atoms with Crippen LogP contribution in [0.15, 0.2) is 70.9 Å². The second kappa shape index (κ2) is 7.78. The molecule has 0 spiro atoms. The molecule has 0 unspecified atom stereocenters. The number of thioether (sulfide) groups is 1. The molecule has 0 bridgehead atoms. The number of nitrogens with zero attached hydrogens (tertiary/aromatic N) is 1. The summed E-state index contributed by atoms with van der Waals surface area (Å²) in [5.41, 5.74) is 1.96. The van der Waals surface area contributed by atoms with E-state index in [-0.39, 0.29) is 5.82 Å². The molecule has 0 saturated carbocycles. The molecule has 0 fully saturated rings. The van der Waals surface area contributed by atoms with Gasteiger partial charge in [0.1, 0.15) is 5.82 Å². The van der Waals surface area contributed by atoms with Crippen molar-refractivity contribution in [1.82, 2.24) is 4.98 Å². The van der Waals surface area contributed by atoms with Gasteiger partial charge in [-0.2, -0.15) is 0 Å². The molecule has 0 amide bonds. The fourth-order valence-electron chi connectivity index (χ4n) is 2.74. The van der Waals surface area contributed by atoms with Gasteiger partial charge in [-0.3, -0.25) is 0 Å². The van der Waals surface area contributed by atoms with Gasteiger partial charge in [0.05, 0.1) is 10.7 Å². The Balaban J connectivity index is 1.42. The number of hydrogen-bond donors (Lipinski definition) is 0. The van der Waals surface area contributed by atoms with Crippen molar-refractivity contribution in [3.63, 3.8) is 0 Å². The zero-order chi connectivity index (χ0) is 17.9. The van der Waals surface area contributed by atoms with Gasteiger partial charge in [0, 0.05) is 27.5 Å². The van der Waals surface area contributed by atoms with Crippen LogP contribution in [-0.2, 0) is 12.2 Å². The van der Waals surface area contributed by atoms with Gasteiger partial charge in [-0.1, -0.05) is 48.0 Å². The highest BCUT2D eigenvalue weighted by atomic mass is 35.5. The summed E-state index contributed by atoms with van der Waals surface area (Å²) >= 11 is 9.51. The minimum absolute atomic E-state index is 0.314. The standard InChI is InChI=1S/C21H15ClFNS2/c22-20-11-17(23)7-5-16(20)10-21-24-18(13-26-21)12-25-19-8-6-14-3-1-2-4-15(14)9-19/h1-9,11,13H,10,12H2. The van der Waals surface area contributed by atoms with Crippen molar-refractivity contribution in [2.45, 2.75) is 17.1 Å². The SMILES string of the molecule is Fc1ccc(Cc2nc(CSc3ccc4ccccc4c3)cs2)c(Cl)c1. The van der Waals surface area contributed by atoms with E-state index >= 15 is 0 Å². The number of thiazole rings is 1. The minimum Gasteiger partial charge on any atom is -0.245 e. The molecule has 4 aromatic rings. The van der Waals surface area contributed by atoms with E-state index in [0.717, 1.165) is 22.0 Å². The Morgan fingerprint density at radius 3 is 2.69 bits per heavy atom. The Kier molecular flexibility index (Phi) is 5.25. The highest BCUT2D eigenvalue weighted by molar-refractivity contribution is 7.98. The van der Waals surface area contributed by atoms with Gasteiger partial charge in [-0.05, 0) is 40.6 Å². The molecule has 1 heterocycles. The van der Waals surface area contributed by atoms with Gasteiger partial charge < -0.3 is 0 Å². The lowest BCUT2D eigenvalue weighted by molar-refractivity contribution is 0.627. The van der Waals surface area contributed by atoms with Crippen LogP contribution in [0.5, 0.6) is 0 Å². The van der Waals surface area contributed by atoms with Gasteiger partial charge in [0.25, 0.3) is 0 Å². The fourth-order valence-corrected chi connectivity index (χ4v) is 4.73. The number of halogens is 2. The van der Waals surface area contributed by atoms with E-state index in [2.05, 4.69) is 47.8 Å². The lowest BCUT2D eigenvalue weighted by atomic mass is 10.1. The van der Waals surface area contributed by atoms with Crippen molar-refractivity contribution in [2.75, 3.05) is 0 Å². The molecule has 0 N–H and O–H groups in total. The molecule has 26 heavy (non-hydrogen) atoms. The second-order valence-electron chi connectivity index (χ2n) is 5.94. The van der Waals surface area contributed by atoms with Gasteiger partial charge in [-0.25, -0.2) is 9.37 Å². The lowest BCUT2D eigenvalue weighted by Crippen LogP contribution is -1.90. The first-order chi connectivity index (χ1) is 12.7. The molecule has 0 aliphatic rings. The zero-order valence-electron chi connectivity index (χ0n) is 13.8. The van der Waals surface area contributed by atoms with E-state index in [0.29, 0.717) is 11.4 Å². The van der Waals surface area contributed by atoms with Gasteiger partial charge in [0.2, 0.25) is 0 Å². The maximum atomic E-state index is 13.1. The highest BCUT2D eigenvalue weighted by Crippen LogP contribution is 2.28. The first kappa shape index (κ1) is 17.5. The number of fused-ring (bicyclic) bond motifs is 1. The van der Waals surface area contributed by atoms with E-state index in [9.17, 15) is 4.39 Å². The third kappa shape index (κ3) is 4.09. The van der Waals surface area contributed by atoms with Gasteiger partial charge >= 0.3 is 0 Å². The Morgan fingerprint density at radius 2 is 1.85 bits per heavy atom. The van der Waals surface area contributed by atoms with E-state index in [1.165, 1.54) is 27.8 Å². The first-order valence-corrected chi connectivity index (χ1v) is 10.4. The van der Waals surface area contributed by atoms with Crippen molar-refractivity contribution in [1.29, 1.82) is 0 Å². The lowest BCUT2D eigenvalue weighted by Gasteiger charge is -2.03. The third-order valence-corrected chi connectivity index (χ3v) is 6.34. The van der Waals surface area contributed by atoms with Crippen LogP contribution < -0.4 is 0 Å². The average molecular weight is 400 g/mol. The number of aromatic nitrogens is 1. The minimum atomic E-state index is -0.314. The van der Waals surface area contributed by atoms with Crippen molar-refractivity contribution >= 4 is 45.5 Å². The molecular weight excluding hydrogens is 385 g/mol. The molecule has 0 aliphatic carbocycles. The quantitative estimate of drug-likeness (QED) is 0.336. The van der Waals surface area contributed by atoms with Crippen LogP contribution >= 0.6 is 34.7 Å². The summed E-state index contributed by atoms with van der Waals surface area (Å²) in [5, 5.41) is 6.03. The van der Waals surface area contributed by atoms with E-state index in [1.807, 2.05) is 0 Å². The van der Waals surface area contributed by atoms with Crippen molar-refractivity contribution in [3.8, 4) is 0 Å². The first-order valence-electron chi connectivity index (χ1n) is 8.16. The number of hydrogen-bond acceptors (Lipinski definition) is 3. The molecule has 3 aromatic carbocycles. The van der Waals surface area contributed by atoms with Crippen LogP contribution in [0.3, 0.4) is 0 Å². The van der Waals surface area contributed by atoms with Crippen LogP contribution in [0.2, 0.25) is 5.02 Å². The van der Waals surface area contributed by atoms with Crippen molar-refractivity contribution in [2.24, 2.45) is 0 Å². The molecule has 4 rings (SSSR count). The van der Waals surface area contributed by atoms with Crippen LogP contribution in [0.25, 0.3) is 10.8 Å². The Labute approximate surface area is 164 Å². The Hall–Kier alpha value is -1.88. The van der Waals surface area contributed by atoms with Gasteiger partial charge in [-0.15, -0.1) is 23.1 Å². The molecule has 5 heteroatoms. The fraction of sp³-hybridized carbons (Fsp3) is 0.0952. The zero-order valence-corrected chi connectivity index (χ0v) is 16.2. The van der Waals surface area contributed by atoms with Crippen molar-refractivity contribution in [3.05, 3.63) is 93.1 Å². The summed E-state index contributed by atoms with van der Waals surface area (Å²) in [4.78, 5) is 5.93. The summed E-state index contributed by atoms with van der Waals surface area (Å²) < 4.78 is 13.1. The van der Waals surface area contributed by atoms with Crippen LogP contribution in [-0.4, -0.2) is 4.98 Å². The third-order valence-electron chi connectivity index (χ3n) is 4.06. The average Bonchev–Trinajstić information content (AvgIpc) is 3.10. The predicted octanol–water partition coefficient (Wildman–Crippen LogP) is 6.97. The number of benzene rings is 3. The summed E-state index contributed by atoms with van der Waals surface area (Å²) in [7, 11) is 0. The topological polar surface area (TPSA) is 12.9 Å². The molecular formula is C21H15ClFNS2. The number of rotatable bonds is 5.